The van der Waals surface area contributed by atoms with E-state index in [9.17, 15) is 5.11 Å². The zero-order chi connectivity index (χ0) is 30.3. The van der Waals surface area contributed by atoms with Crippen LogP contribution in [0.2, 0.25) is 0 Å². The highest BCUT2D eigenvalue weighted by Crippen LogP contribution is 2.39. The van der Waals surface area contributed by atoms with Crippen molar-refractivity contribution in [1.29, 1.82) is 0 Å². The highest BCUT2D eigenvalue weighted by molar-refractivity contribution is 5.72. The highest BCUT2D eigenvalue weighted by Gasteiger charge is 2.22. The van der Waals surface area contributed by atoms with E-state index < -0.39 is 0 Å². The van der Waals surface area contributed by atoms with Gasteiger partial charge in [-0.05, 0) is 83.0 Å². The molecule has 43 heavy (non-hydrogen) atoms. The molecule has 1 aliphatic rings. The SMILES string of the molecule is C=C(CO)CCOc1cc(-c2ccc(-c3ccc(C4CCC(CCCCCCC)CC4)cc3)cc2)ccc1OCCOC. The van der Waals surface area contributed by atoms with Crippen LogP contribution < -0.4 is 9.47 Å². The first-order valence-electron chi connectivity index (χ1n) is 16.5. The van der Waals surface area contributed by atoms with Gasteiger partial charge in [0.2, 0.25) is 0 Å². The van der Waals surface area contributed by atoms with Crippen LogP contribution in [0.25, 0.3) is 22.3 Å². The van der Waals surface area contributed by atoms with Gasteiger partial charge in [-0.25, -0.2) is 0 Å². The predicted octanol–water partition coefficient (Wildman–Crippen LogP) is 10.00. The zero-order valence-corrected chi connectivity index (χ0v) is 26.5. The Bertz CT molecular complexity index is 1220. The van der Waals surface area contributed by atoms with E-state index in [1.165, 1.54) is 80.9 Å². The molecule has 0 aromatic heterocycles. The lowest BCUT2D eigenvalue weighted by Crippen LogP contribution is -2.13. The maximum atomic E-state index is 9.26. The van der Waals surface area contributed by atoms with Crippen molar-refractivity contribution in [2.75, 3.05) is 33.5 Å². The van der Waals surface area contributed by atoms with Crippen LogP contribution in [0.15, 0.2) is 78.9 Å². The monoisotopic (exact) mass is 584 g/mol. The van der Waals surface area contributed by atoms with Crippen LogP contribution in [0.4, 0.5) is 0 Å². The van der Waals surface area contributed by atoms with Crippen molar-refractivity contribution < 1.29 is 19.3 Å². The van der Waals surface area contributed by atoms with E-state index in [1.807, 2.05) is 12.1 Å². The number of hydrogen-bond donors (Lipinski definition) is 1. The molecule has 0 atom stereocenters. The quantitative estimate of drug-likeness (QED) is 0.119. The molecule has 0 aliphatic heterocycles. The Kier molecular flexibility index (Phi) is 13.7. The summed E-state index contributed by atoms with van der Waals surface area (Å²) in [4.78, 5) is 0. The van der Waals surface area contributed by atoms with Gasteiger partial charge in [-0.15, -0.1) is 0 Å². The normalized spacial score (nSPS) is 16.6. The van der Waals surface area contributed by atoms with Crippen molar-refractivity contribution in [3.05, 3.63) is 84.4 Å². The summed E-state index contributed by atoms with van der Waals surface area (Å²) >= 11 is 0. The van der Waals surface area contributed by atoms with E-state index in [0.717, 1.165) is 22.6 Å². The third kappa shape index (κ3) is 10.3. The number of aliphatic hydroxyl groups excluding tert-OH is 1. The Labute approximate surface area is 260 Å². The zero-order valence-electron chi connectivity index (χ0n) is 26.5. The summed E-state index contributed by atoms with van der Waals surface area (Å²) in [5, 5.41) is 9.26. The first-order valence-corrected chi connectivity index (χ1v) is 16.5. The van der Waals surface area contributed by atoms with Gasteiger partial charge in [0.05, 0.1) is 19.8 Å². The van der Waals surface area contributed by atoms with Gasteiger partial charge in [0.25, 0.3) is 0 Å². The largest absolute Gasteiger partial charge is 0.489 e. The number of benzene rings is 3. The van der Waals surface area contributed by atoms with E-state index in [0.29, 0.717) is 43.7 Å². The number of unbranched alkanes of at least 4 members (excludes halogenated alkanes) is 4. The van der Waals surface area contributed by atoms with E-state index in [-0.39, 0.29) is 6.61 Å². The predicted molar refractivity (Wildman–Crippen MR) is 179 cm³/mol. The van der Waals surface area contributed by atoms with Gasteiger partial charge in [0.1, 0.15) is 6.61 Å². The first kappa shape index (κ1) is 32.8. The summed E-state index contributed by atoms with van der Waals surface area (Å²) in [5.74, 6) is 3.03. The Morgan fingerprint density at radius 1 is 0.721 bits per heavy atom. The molecule has 1 saturated carbocycles. The molecule has 4 heteroatoms. The molecule has 0 radical (unpaired) electrons. The third-order valence-corrected chi connectivity index (χ3v) is 8.92. The van der Waals surface area contributed by atoms with Gasteiger partial charge in [-0.2, -0.15) is 0 Å². The van der Waals surface area contributed by atoms with Crippen molar-refractivity contribution >= 4 is 0 Å². The smallest absolute Gasteiger partial charge is 0.161 e. The standard InChI is InChI=1S/C39H52O4/c1-4-5-6-7-8-9-31-10-12-32(13-11-31)33-14-16-34(17-15-33)35-18-20-36(21-19-35)37-22-23-38(43-27-26-41-3)39(28-37)42-25-24-30(2)29-40/h14-23,28,31-32,40H,2,4-13,24-27,29H2,1,3H3. The van der Waals surface area contributed by atoms with Gasteiger partial charge < -0.3 is 19.3 Å². The summed E-state index contributed by atoms with van der Waals surface area (Å²) in [5.41, 5.74) is 6.91. The average molecular weight is 585 g/mol. The van der Waals surface area contributed by atoms with Crippen LogP contribution in [0.3, 0.4) is 0 Å². The van der Waals surface area contributed by atoms with E-state index in [4.69, 9.17) is 14.2 Å². The Hall–Kier alpha value is -3.08. The molecule has 3 aromatic rings. The van der Waals surface area contributed by atoms with Crippen LogP contribution in [0.1, 0.15) is 89.0 Å². The minimum absolute atomic E-state index is 0.0318. The average Bonchev–Trinajstić information content (AvgIpc) is 3.05. The molecular formula is C39H52O4. The van der Waals surface area contributed by atoms with Crippen LogP contribution >= 0.6 is 0 Å². The molecule has 1 aliphatic carbocycles. The molecule has 0 amide bonds. The van der Waals surface area contributed by atoms with E-state index in [2.05, 4.69) is 68.1 Å². The molecule has 1 N–H and O–H groups in total. The Morgan fingerprint density at radius 3 is 1.98 bits per heavy atom. The lowest BCUT2D eigenvalue weighted by atomic mass is 9.77. The summed E-state index contributed by atoms with van der Waals surface area (Å²) in [6, 6.07) is 24.1. The number of aliphatic hydroxyl groups is 1. The van der Waals surface area contributed by atoms with Gasteiger partial charge in [0, 0.05) is 13.5 Å². The minimum atomic E-state index is -0.0318. The number of ether oxygens (including phenoxy) is 3. The maximum absolute atomic E-state index is 9.26. The first-order chi connectivity index (χ1) is 21.1. The van der Waals surface area contributed by atoms with E-state index in [1.54, 1.807) is 7.11 Å². The Morgan fingerprint density at radius 2 is 1.33 bits per heavy atom. The van der Waals surface area contributed by atoms with Crippen molar-refractivity contribution in [2.24, 2.45) is 5.92 Å². The van der Waals surface area contributed by atoms with Crippen LogP contribution in [0, 0.1) is 5.92 Å². The fourth-order valence-electron chi connectivity index (χ4n) is 6.16. The molecular weight excluding hydrogens is 532 g/mol. The summed E-state index contributed by atoms with van der Waals surface area (Å²) < 4.78 is 17.1. The van der Waals surface area contributed by atoms with Crippen molar-refractivity contribution in [2.45, 2.75) is 83.5 Å². The second kappa shape index (κ2) is 17.9. The number of rotatable bonds is 18. The van der Waals surface area contributed by atoms with Crippen LogP contribution in [-0.2, 0) is 4.74 Å². The fourth-order valence-corrected chi connectivity index (χ4v) is 6.16. The summed E-state index contributed by atoms with van der Waals surface area (Å²) in [6.45, 7) is 7.50. The second-order valence-electron chi connectivity index (χ2n) is 12.1. The number of hydrogen-bond acceptors (Lipinski definition) is 4. The van der Waals surface area contributed by atoms with Crippen molar-refractivity contribution in [1.82, 2.24) is 0 Å². The molecule has 0 heterocycles. The van der Waals surface area contributed by atoms with E-state index >= 15 is 0 Å². The molecule has 4 rings (SSSR count). The van der Waals surface area contributed by atoms with Gasteiger partial charge in [-0.1, -0.05) is 107 Å². The molecule has 4 nitrogen and oxygen atoms in total. The molecule has 3 aromatic carbocycles. The summed E-state index contributed by atoms with van der Waals surface area (Å²) in [7, 11) is 1.66. The molecule has 0 saturated heterocycles. The van der Waals surface area contributed by atoms with Crippen LogP contribution in [-0.4, -0.2) is 38.6 Å². The molecule has 1 fully saturated rings. The topological polar surface area (TPSA) is 47.9 Å². The lowest BCUT2D eigenvalue weighted by Gasteiger charge is -2.29. The van der Waals surface area contributed by atoms with Gasteiger partial charge in [-0.3, -0.25) is 0 Å². The molecule has 0 unspecified atom stereocenters. The van der Waals surface area contributed by atoms with Crippen molar-refractivity contribution in [3.8, 4) is 33.8 Å². The lowest BCUT2D eigenvalue weighted by molar-refractivity contribution is 0.143. The maximum Gasteiger partial charge on any atom is 0.161 e. The third-order valence-electron chi connectivity index (χ3n) is 8.92. The molecule has 0 bridgehead atoms. The highest BCUT2D eigenvalue weighted by atomic mass is 16.5. The van der Waals surface area contributed by atoms with Crippen molar-refractivity contribution in [3.63, 3.8) is 0 Å². The number of methoxy groups -OCH3 is 1. The Balaban J connectivity index is 1.34. The molecule has 232 valence electrons. The van der Waals surface area contributed by atoms with Gasteiger partial charge in [0.15, 0.2) is 11.5 Å². The van der Waals surface area contributed by atoms with Gasteiger partial charge >= 0.3 is 0 Å². The van der Waals surface area contributed by atoms with Crippen LogP contribution in [0.5, 0.6) is 11.5 Å². The summed E-state index contributed by atoms with van der Waals surface area (Å²) in [6.07, 6.45) is 14.5. The molecule has 0 spiro atoms. The second-order valence-corrected chi connectivity index (χ2v) is 12.1. The fraction of sp³-hybridized carbons (Fsp3) is 0.487. The minimum Gasteiger partial charge on any atom is -0.489 e.